The fourth-order valence-corrected chi connectivity index (χ4v) is 2.06. The minimum absolute atomic E-state index is 0.0635. The standard InChI is InChI=1S/C18H20N2O4/c1-23-15-7-3-5-13(17(15)21)11-19-9-10-20-12-14-6-4-8-16(24-2)18(14)22/h3-8,11-12,21-22H,9-10H2,1-2H3/b19-11+,20-12+. The smallest absolute Gasteiger partial charge is 0.166 e. The minimum Gasteiger partial charge on any atom is -0.504 e. The molecule has 0 radical (unpaired) electrons. The number of hydrogen-bond donors (Lipinski definition) is 2. The number of ether oxygens (including phenoxy) is 2. The van der Waals surface area contributed by atoms with Crippen molar-refractivity contribution in [1.82, 2.24) is 0 Å². The Kier molecular flexibility index (Phi) is 6.19. The molecule has 0 bridgehead atoms. The number of methoxy groups -OCH3 is 2. The fourth-order valence-electron chi connectivity index (χ4n) is 2.06. The van der Waals surface area contributed by atoms with E-state index in [0.29, 0.717) is 35.7 Å². The molecule has 126 valence electrons. The number of para-hydroxylation sites is 2. The fraction of sp³-hybridized carbons (Fsp3) is 0.222. The lowest BCUT2D eigenvalue weighted by Gasteiger charge is -2.05. The van der Waals surface area contributed by atoms with E-state index < -0.39 is 0 Å². The molecule has 0 fully saturated rings. The first-order valence-corrected chi connectivity index (χ1v) is 7.39. The molecule has 0 aliphatic heterocycles. The average molecular weight is 328 g/mol. The Balaban J connectivity index is 1.91. The lowest BCUT2D eigenvalue weighted by atomic mass is 10.2. The Hall–Kier alpha value is -3.02. The van der Waals surface area contributed by atoms with Gasteiger partial charge in [-0.25, -0.2) is 0 Å². The Morgan fingerprint density at radius 1 is 0.792 bits per heavy atom. The van der Waals surface area contributed by atoms with E-state index in [9.17, 15) is 10.2 Å². The third kappa shape index (κ3) is 4.25. The highest BCUT2D eigenvalue weighted by Gasteiger charge is 2.05. The zero-order chi connectivity index (χ0) is 17.4. The summed E-state index contributed by atoms with van der Waals surface area (Å²) in [5.41, 5.74) is 1.17. The molecule has 0 atom stereocenters. The molecule has 0 aliphatic carbocycles. The zero-order valence-corrected chi connectivity index (χ0v) is 13.6. The van der Waals surface area contributed by atoms with Crippen LogP contribution in [-0.2, 0) is 0 Å². The monoisotopic (exact) mass is 328 g/mol. The van der Waals surface area contributed by atoms with E-state index in [-0.39, 0.29) is 11.5 Å². The quantitative estimate of drug-likeness (QED) is 0.604. The summed E-state index contributed by atoms with van der Waals surface area (Å²) in [4.78, 5) is 8.45. The molecule has 0 unspecified atom stereocenters. The molecule has 0 aromatic heterocycles. The molecule has 6 nitrogen and oxygen atoms in total. The van der Waals surface area contributed by atoms with Crippen molar-refractivity contribution in [2.75, 3.05) is 27.3 Å². The number of aromatic hydroxyl groups is 2. The molecule has 0 aliphatic rings. The second-order valence-corrected chi connectivity index (χ2v) is 4.87. The van der Waals surface area contributed by atoms with Crippen molar-refractivity contribution in [2.45, 2.75) is 0 Å². The van der Waals surface area contributed by atoms with Crippen LogP contribution in [0.1, 0.15) is 11.1 Å². The van der Waals surface area contributed by atoms with Gasteiger partial charge in [-0.1, -0.05) is 12.1 Å². The van der Waals surface area contributed by atoms with Crippen LogP contribution in [-0.4, -0.2) is 50.0 Å². The molecule has 0 amide bonds. The van der Waals surface area contributed by atoms with Gasteiger partial charge in [0, 0.05) is 23.6 Å². The highest BCUT2D eigenvalue weighted by molar-refractivity contribution is 5.85. The van der Waals surface area contributed by atoms with Crippen LogP contribution in [0.25, 0.3) is 0 Å². The van der Waals surface area contributed by atoms with E-state index >= 15 is 0 Å². The Labute approximate surface area is 140 Å². The molecular weight excluding hydrogens is 308 g/mol. The summed E-state index contributed by atoms with van der Waals surface area (Å²) in [6.07, 6.45) is 3.16. The molecule has 2 rings (SSSR count). The van der Waals surface area contributed by atoms with Crippen LogP contribution < -0.4 is 9.47 Å². The number of phenols is 2. The van der Waals surface area contributed by atoms with E-state index in [1.54, 1.807) is 48.8 Å². The number of rotatable bonds is 7. The van der Waals surface area contributed by atoms with E-state index in [0.717, 1.165) is 0 Å². The normalized spacial score (nSPS) is 11.2. The molecule has 0 saturated heterocycles. The van der Waals surface area contributed by atoms with Gasteiger partial charge < -0.3 is 19.7 Å². The second kappa shape index (κ2) is 8.57. The van der Waals surface area contributed by atoms with E-state index in [1.807, 2.05) is 0 Å². The lowest BCUT2D eigenvalue weighted by molar-refractivity contribution is 0.373. The first-order valence-electron chi connectivity index (χ1n) is 7.39. The van der Waals surface area contributed by atoms with Gasteiger partial charge in [-0.3, -0.25) is 9.98 Å². The summed E-state index contributed by atoms with van der Waals surface area (Å²) >= 11 is 0. The summed E-state index contributed by atoms with van der Waals surface area (Å²) in [7, 11) is 3.00. The van der Waals surface area contributed by atoms with Crippen LogP contribution in [0, 0.1) is 0 Å². The summed E-state index contributed by atoms with van der Waals surface area (Å²) < 4.78 is 10.1. The molecule has 24 heavy (non-hydrogen) atoms. The van der Waals surface area contributed by atoms with Gasteiger partial charge in [-0.2, -0.15) is 0 Å². The van der Waals surface area contributed by atoms with Crippen LogP contribution in [0.15, 0.2) is 46.4 Å². The third-order valence-electron chi connectivity index (χ3n) is 3.32. The second-order valence-electron chi connectivity index (χ2n) is 4.87. The van der Waals surface area contributed by atoms with Gasteiger partial charge in [0.1, 0.15) is 0 Å². The van der Waals surface area contributed by atoms with Crippen molar-refractivity contribution in [2.24, 2.45) is 9.98 Å². The molecule has 2 aromatic rings. The first kappa shape index (κ1) is 17.3. The largest absolute Gasteiger partial charge is 0.504 e. The molecular formula is C18H20N2O4. The molecule has 0 spiro atoms. The summed E-state index contributed by atoms with van der Waals surface area (Å²) in [6, 6.07) is 10.4. The van der Waals surface area contributed by atoms with E-state index in [1.165, 1.54) is 14.2 Å². The van der Waals surface area contributed by atoms with Crippen LogP contribution in [0.5, 0.6) is 23.0 Å². The van der Waals surface area contributed by atoms with Crippen LogP contribution in [0.4, 0.5) is 0 Å². The van der Waals surface area contributed by atoms with Crippen molar-refractivity contribution in [3.63, 3.8) is 0 Å². The maximum atomic E-state index is 9.93. The van der Waals surface area contributed by atoms with Gasteiger partial charge >= 0.3 is 0 Å². The topological polar surface area (TPSA) is 83.6 Å². The Morgan fingerprint density at radius 2 is 1.21 bits per heavy atom. The molecule has 0 heterocycles. The molecule has 6 heteroatoms. The van der Waals surface area contributed by atoms with Gasteiger partial charge in [-0.15, -0.1) is 0 Å². The van der Waals surface area contributed by atoms with Gasteiger partial charge in [0.25, 0.3) is 0 Å². The van der Waals surface area contributed by atoms with Crippen LogP contribution >= 0.6 is 0 Å². The predicted octanol–water partition coefficient (Wildman–Crippen LogP) is 2.65. The first-order chi connectivity index (χ1) is 11.7. The van der Waals surface area contributed by atoms with E-state index in [4.69, 9.17) is 9.47 Å². The molecule has 2 N–H and O–H groups in total. The van der Waals surface area contributed by atoms with Gasteiger partial charge in [0.15, 0.2) is 23.0 Å². The highest BCUT2D eigenvalue weighted by Crippen LogP contribution is 2.28. The van der Waals surface area contributed by atoms with E-state index in [2.05, 4.69) is 9.98 Å². The maximum absolute atomic E-state index is 9.93. The summed E-state index contributed by atoms with van der Waals surface area (Å²) in [6.45, 7) is 0.912. The summed E-state index contributed by atoms with van der Waals surface area (Å²) in [5, 5.41) is 19.9. The number of benzene rings is 2. The minimum atomic E-state index is 0.0635. The van der Waals surface area contributed by atoms with Crippen molar-refractivity contribution in [1.29, 1.82) is 0 Å². The molecule has 0 saturated carbocycles. The Bertz CT molecular complexity index is 678. The van der Waals surface area contributed by atoms with Gasteiger partial charge in [-0.05, 0) is 24.3 Å². The predicted molar refractivity (Wildman–Crippen MR) is 94.2 cm³/mol. The van der Waals surface area contributed by atoms with Crippen molar-refractivity contribution < 1.29 is 19.7 Å². The number of nitrogens with zero attached hydrogens (tertiary/aromatic N) is 2. The molecule has 2 aromatic carbocycles. The lowest BCUT2D eigenvalue weighted by Crippen LogP contribution is -1.93. The summed E-state index contributed by atoms with van der Waals surface area (Å²) in [5.74, 6) is 0.943. The number of phenolic OH excluding ortho intramolecular Hbond substituents is 2. The van der Waals surface area contributed by atoms with Crippen molar-refractivity contribution in [3.8, 4) is 23.0 Å². The SMILES string of the molecule is COc1cccc(/C=N/CC/N=C/c2cccc(OC)c2O)c1O. The van der Waals surface area contributed by atoms with Crippen LogP contribution in [0.3, 0.4) is 0 Å². The van der Waals surface area contributed by atoms with Gasteiger partial charge in [0.2, 0.25) is 0 Å². The third-order valence-corrected chi connectivity index (χ3v) is 3.32. The van der Waals surface area contributed by atoms with Crippen molar-refractivity contribution in [3.05, 3.63) is 47.5 Å². The van der Waals surface area contributed by atoms with Gasteiger partial charge in [0.05, 0.1) is 27.3 Å². The maximum Gasteiger partial charge on any atom is 0.166 e. The number of aliphatic imine (C=N–C) groups is 2. The number of hydrogen-bond acceptors (Lipinski definition) is 6. The zero-order valence-electron chi connectivity index (χ0n) is 13.6. The Morgan fingerprint density at radius 3 is 1.58 bits per heavy atom. The van der Waals surface area contributed by atoms with Crippen molar-refractivity contribution >= 4 is 12.4 Å². The van der Waals surface area contributed by atoms with Crippen LogP contribution in [0.2, 0.25) is 0 Å². The average Bonchev–Trinajstić information content (AvgIpc) is 2.60. The highest BCUT2D eigenvalue weighted by atomic mass is 16.5.